The third kappa shape index (κ3) is 3.09. The molecule has 0 bridgehead atoms. The number of ether oxygens (including phenoxy) is 1. The van der Waals surface area contributed by atoms with Crippen LogP contribution in [-0.2, 0) is 17.8 Å². The van der Waals surface area contributed by atoms with E-state index in [9.17, 15) is 4.79 Å². The van der Waals surface area contributed by atoms with Gasteiger partial charge in [-0.1, -0.05) is 24.3 Å². The summed E-state index contributed by atoms with van der Waals surface area (Å²) >= 11 is 0. The van der Waals surface area contributed by atoms with Gasteiger partial charge in [0.25, 0.3) is 0 Å². The van der Waals surface area contributed by atoms with Crippen LogP contribution in [0.4, 0.5) is 0 Å². The maximum atomic E-state index is 12.1. The van der Waals surface area contributed by atoms with E-state index in [-0.39, 0.29) is 5.91 Å². The van der Waals surface area contributed by atoms with E-state index in [1.807, 2.05) is 36.5 Å². The quantitative estimate of drug-likeness (QED) is 0.759. The fraction of sp³-hybridized carbons (Fsp3) is 0.176. The first-order valence-electron chi connectivity index (χ1n) is 7.07. The first-order chi connectivity index (χ1) is 10.8. The van der Waals surface area contributed by atoms with Crippen molar-refractivity contribution < 1.29 is 9.53 Å². The number of aromatic amines is 1. The molecule has 0 spiro atoms. The highest BCUT2D eigenvalue weighted by molar-refractivity contribution is 5.88. The van der Waals surface area contributed by atoms with Crippen LogP contribution >= 0.6 is 0 Å². The number of aromatic nitrogens is 2. The number of carbonyl (C=O) groups excluding carboxylic acids is 1. The SMILES string of the molecule is COc1ccc(CNC(=O)Cc2c[nH]c3ccccc23)cn1. The predicted octanol–water partition coefficient (Wildman–Crippen LogP) is 2.43. The number of rotatable bonds is 5. The highest BCUT2D eigenvalue weighted by atomic mass is 16.5. The van der Waals surface area contributed by atoms with Gasteiger partial charge in [-0.05, 0) is 17.2 Å². The number of amides is 1. The lowest BCUT2D eigenvalue weighted by Gasteiger charge is -2.05. The van der Waals surface area contributed by atoms with Gasteiger partial charge >= 0.3 is 0 Å². The van der Waals surface area contributed by atoms with Gasteiger partial charge in [0.05, 0.1) is 13.5 Å². The molecular formula is C17H17N3O2. The molecule has 0 saturated heterocycles. The van der Waals surface area contributed by atoms with Gasteiger partial charge in [0, 0.05) is 35.9 Å². The van der Waals surface area contributed by atoms with Crippen molar-refractivity contribution in [3.8, 4) is 5.88 Å². The van der Waals surface area contributed by atoms with Gasteiger partial charge in [0.2, 0.25) is 11.8 Å². The third-order valence-corrected chi connectivity index (χ3v) is 3.52. The number of carbonyl (C=O) groups is 1. The molecular weight excluding hydrogens is 278 g/mol. The Labute approximate surface area is 128 Å². The van der Waals surface area contributed by atoms with Crippen molar-refractivity contribution in [3.63, 3.8) is 0 Å². The molecule has 0 fully saturated rings. The van der Waals surface area contributed by atoms with Gasteiger partial charge < -0.3 is 15.0 Å². The molecule has 3 aromatic rings. The molecule has 2 aromatic heterocycles. The Kier molecular flexibility index (Phi) is 4.05. The molecule has 3 rings (SSSR count). The fourth-order valence-electron chi connectivity index (χ4n) is 2.35. The van der Waals surface area contributed by atoms with Crippen LogP contribution in [0.5, 0.6) is 5.88 Å². The average Bonchev–Trinajstić information content (AvgIpc) is 2.97. The first-order valence-corrected chi connectivity index (χ1v) is 7.07. The van der Waals surface area contributed by atoms with Gasteiger partial charge in [-0.2, -0.15) is 0 Å². The van der Waals surface area contributed by atoms with E-state index < -0.39 is 0 Å². The molecule has 0 aliphatic heterocycles. The highest BCUT2D eigenvalue weighted by Gasteiger charge is 2.08. The number of hydrogen-bond donors (Lipinski definition) is 2. The minimum atomic E-state index is -0.0134. The van der Waals surface area contributed by atoms with Crippen LogP contribution in [-0.4, -0.2) is 23.0 Å². The standard InChI is InChI=1S/C17H17N3O2/c1-22-17-7-6-12(10-20-17)9-19-16(21)8-13-11-18-15-5-3-2-4-14(13)15/h2-7,10-11,18H,8-9H2,1H3,(H,19,21). The number of nitrogens with one attached hydrogen (secondary N) is 2. The molecule has 0 saturated carbocycles. The van der Waals surface area contributed by atoms with E-state index in [1.54, 1.807) is 19.4 Å². The van der Waals surface area contributed by atoms with Crippen molar-refractivity contribution in [2.45, 2.75) is 13.0 Å². The van der Waals surface area contributed by atoms with Gasteiger partial charge in [-0.3, -0.25) is 4.79 Å². The number of benzene rings is 1. The Morgan fingerprint density at radius 2 is 2.14 bits per heavy atom. The summed E-state index contributed by atoms with van der Waals surface area (Å²) in [6, 6.07) is 11.6. The largest absolute Gasteiger partial charge is 0.481 e. The van der Waals surface area contributed by atoms with Crippen LogP contribution < -0.4 is 10.1 Å². The Morgan fingerprint density at radius 3 is 2.91 bits per heavy atom. The summed E-state index contributed by atoms with van der Waals surface area (Å²) in [5.41, 5.74) is 2.98. The van der Waals surface area contributed by atoms with Gasteiger partial charge in [0.1, 0.15) is 0 Å². The summed E-state index contributed by atoms with van der Waals surface area (Å²) in [5.74, 6) is 0.550. The van der Waals surface area contributed by atoms with Crippen molar-refractivity contribution in [1.29, 1.82) is 0 Å². The van der Waals surface area contributed by atoms with Crippen LogP contribution in [0.25, 0.3) is 10.9 Å². The van der Waals surface area contributed by atoms with Gasteiger partial charge in [0.15, 0.2) is 0 Å². The van der Waals surface area contributed by atoms with Crippen LogP contribution in [0, 0.1) is 0 Å². The van der Waals surface area contributed by atoms with E-state index in [0.29, 0.717) is 18.8 Å². The second-order valence-corrected chi connectivity index (χ2v) is 5.02. The first kappa shape index (κ1) is 14.1. The fourth-order valence-corrected chi connectivity index (χ4v) is 2.35. The minimum Gasteiger partial charge on any atom is -0.481 e. The molecule has 2 N–H and O–H groups in total. The van der Waals surface area contributed by atoms with Crippen LogP contribution in [0.1, 0.15) is 11.1 Å². The van der Waals surface area contributed by atoms with Crippen molar-refractivity contribution in [2.24, 2.45) is 0 Å². The number of nitrogens with zero attached hydrogens (tertiary/aromatic N) is 1. The number of hydrogen-bond acceptors (Lipinski definition) is 3. The van der Waals surface area contributed by atoms with Crippen molar-refractivity contribution in [3.05, 3.63) is 59.9 Å². The molecule has 0 unspecified atom stereocenters. The predicted molar refractivity (Wildman–Crippen MR) is 84.6 cm³/mol. The number of pyridine rings is 1. The molecule has 2 heterocycles. The molecule has 0 atom stereocenters. The Balaban J connectivity index is 1.60. The second-order valence-electron chi connectivity index (χ2n) is 5.02. The van der Waals surface area contributed by atoms with Gasteiger partial charge in [-0.15, -0.1) is 0 Å². The van der Waals surface area contributed by atoms with E-state index in [2.05, 4.69) is 15.3 Å². The van der Waals surface area contributed by atoms with Gasteiger partial charge in [-0.25, -0.2) is 4.98 Å². The maximum absolute atomic E-state index is 12.1. The van der Waals surface area contributed by atoms with Crippen LogP contribution in [0.2, 0.25) is 0 Å². The molecule has 0 aliphatic carbocycles. The maximum Gasteiger partial charge on any atom is 0.224 e. The Bertz CT molecular complexity index is 778. The summed E-state index contributed by atoms with van der Waals surface area (Å²) in [6.07, 6.45) is 3.94. The normalized spacial score (nSPS) is 10.6. The Morgan fingerprint density at radius 1 is 1.27 bits per heavy atom. The van der Waals surface area contributed by atoms with E-state index in [1.165, 1.54) is 0 Å². The zero-order valence-corrected chi connectivity index (χ0v) is 12.3. The molecule has 0 aliphatic rings. The molecule has 5 nitrogen and oxygen atoms in total. The number of H-pyrrole nitrogens is 1. The lowest BCUT2D eigenvalue weighted by Crippen LogP contribution is -2.24. The minimum absolute atomic E-state index is 0.0134. The number of para-hydroxylation sites is 1. The van der Waals surface area contributed by atoms with E-state index in [0.717, 1.165) is 22.0 Å². The molecule has 22 heavy (non-hydrogen) atoms. The summed E-state index contributed by atoms with van der Waals surface area (Å²) in [6.45, 7) is 0.457. The zero-order chi connectivity index (χ0) is 15.4. The third-order valence-electron chi connectivity index (χ3n) is 3.52. The molecule has 1 aromatic carbocycles. The molecule has 5 heteroatoms. The van der Waals surface area contributed by atoms with E-state index >= 15 is 0 Å². The summed E-state index contributed by atoms with van der Waals surface area (Å²) in [7, 11) is 1.57. The monoisotopic (exact) mass is 295 g/mol. The number of fused-ring (bicyclic) bond motifs is 1. The van der Waals surface area contributed by atoms with Crippen molar-refractivity contribution in [1.82, 2.24) is 15.3 Å². The smallest absolute Gasteiger partial charge is 0.224 e. The Hall–Kier alpha value is -2.82. The molecule has 0 radical (unpaired) electrons. The lowest BCUT2D eigenvalue weighted by molar-refractivity contribution is -0.120. The summed E-state index contributed by atoms with van der Waals surface area (Å²) in [4.78, 5) is 19.4. The second kappa shape index (κ2) is 6.30. The summed E-state index contributed by atoms with van der Waals surface area (Å²) < 4.78 is 5.00. The highest BCUT2D eigenvalue weighted by Crippen LogP contribution is 2.18. The lowest BCUT2D eigenvalue weighted by atomic mass is 10.1. The van der Waals surface area contributed by atoms with Crippen LogP contribution in [0.3, 0.4) is 0 Å². The molecule has 112 valence electrons. The molecule has 1 amide bonds. The zero-order valence-electron chi connectivity index (χ0n) is 12.3. The number of methoxy groups -OCH3 is 1. The van der Waals surface area contributed by atoms with Crippen LogP contribution in [0.15, 0.2) is 48.8 Å². The average molecular weight is 295 g/mol. The summed E-state index contributed by atoms with van der Waals surface area (Å²) in [5, 5.41) is 3.99. The van der Waals surface area contributed by atoms with E-state index in [4.69, 9.17) is 4.74 Å². The topological polar surface area (TPSA) is 67.0 Å². The van der Waals surface area contributed by atoms with Crippen molar-refractivity contribution >= 4 is 16.8 Å². The van der Waals surface area contributed by atoms with Crippen molar-refractivity contribution in [2.75, 3.05) is 7.11 Å².